The van der Waals surface area contributed by atoms with E-state index in [1.54, 1.807) is 20.8 Å². The van der Waals surface area contributed by atoms with E-state index >= 15 is 0 Å². The van der Waals surface area contributed by atoms with E-state index in [1.807, 2.05) is 30.3 Å². The number of nitrogens with two attached hydrogens (primary N) is 1. The quantitative estimate of drug-likeness (QED) is 0.701. The molecule has 0 aliphatic heterocycles. The molecule has 150 valence electrons. The van der Waals surface area contributed by atoms with Gasteiger partial charge in [-0.3, -0.25) is 4.79 Å². The third-order valence-electron chi connectivity index (χ3n) is 3.92. The Bertz CT molecular complexity index is 784. The summed E-state index contributed by atoms with van der Waals surface area (Å²) in [6.07, 6.45) is 2.94. The molecule has 0 aliphatic rings. The van der Waals surface area contributed by atoms with E-state index in [-0.39, 0.29) is 12.8 Å². The molecule has 0 spiro atoms. The topological polar surface area (TPSA) is 118 Å². The molecule has 28 heavy (non-hydrogen) atoms. The summed E-state index contributed by atoms with van der Waals surface area (Å²) in [4.78, 5) is 45.1. The fourth-order valence-electron chi connectivity index (χ4n) is 2.66. The normalized spacial score (nSPS) is 13.4. The molecule has 0 unspecified atom stereocenters. The maximum atomic E-state index is 13.0. The first kappa shape index (κ1) is 21.3. The lowest BCUT2D eigenvalue weighted by molar-refractivity contribution is -0.136. The molecule has 8 nitrogen and oxygen atoms in total. The highest BCUT2D eigenvalue weighted by atomic mass is 16.6. The number of nitrogens with zero attached hydrogens (tertiary/aromatic N) is 2. The Hall–Kier alpha value is -3.00. The van der Waals surface area contributed by atoms with Crippen molar-refractivity contribution < 1.29 is 19.1 Å². The third-order valence-corrected chi connectivity index (χ3v) is 3.92. The van der Waals surface area contributed by atoms with Gasteiger partial charge in [-0.2, -0.15) is 0 Å². The Kier molecular flexibility index (Phi) is 7.06. The van der Waals surface area contributed by atoms with Crippen LogP contribution in [0.4, 0.5) is 4.79 Å². The van der Waals surface area contributed by atoms with Crippen molar-refractivity contribution in [1.29, 1.82) is 0 Å². The average molecular weight is 386 g/mol. The van der Waals surface area contributed by atoms with Gasteiger partial charge in [-0.15, -0.1) is 0 Å². The van der Waals surface area contributed by atoms with E-state index < -0.39 is 29.7 Å². The number of imidazole rings is 1. The summed E-state index contributed by atoms with van der Waals surface area (Å²) in [6.45, 7) is 5.05. The number of aldehydes is 1. The fraction of sp³-hybridized carbons (Fsp3) is 0.400. The molecule has 0 radical (unpaired) electrons. The van der Waals surface area contributed by atoms with Gasteiger partial charge in [0.25, 0.3) is 0 Å². The van der Waals surface area contributed by atoms with Gasteiger partial charge in [0.15, 0.2) is 0 Å². The van der Waals surface area contributed by atoms with Crippen LogP contribution >= 0.6 is 0 Å². The summed E-state index contributed by atoms with van der Waals surface area (Å²) < 4.78 is 5.35. The van der Waals surface area contributed by atoms with E-state index in [2.05, 4.69) is 9.97 Å². The highest BCUT2D eigenvalue weighted by molar-refractivity contribution is 5.97. The molecule has 0 aliphatic carbocycles. The number of carbonyl (C=O) groups excluding carboxylic acids is 3. The van der Waals surface area contributed by atoms with Crippen molar-refractivity contribution in [3.8, 4) is 0 Å². The van der Waals surface area contributed by atoms with E-state index in [4.69, 9.17) is 10.5 Å². The molecule has 1 aromatic heterocycles. The SMILES string of the molecule is CC(C)(C)OC(=O)N(C(=O)[C@@H](N)Cc1ccccc1)[C@H](C=O)Cc1cnc[nH]1. The molecule has 0 fully saturated rings. The van der Waals surface area contributed by atoms with Crippen molar-refractivity contribution in [2.75, 3.05) is 0 Å². The van der Waals surface area contributed by atoms with Crippen LogP contribution in [0.5, 0.6) is 0 Å². The van der Waals surface area contributed by atoms with Gasteiger partial charge >= 0.3 is 6.09 Å². The number of amides is 2. The lowest BCUT2D eigenvalue weighted by Crippen LogP contribution is -2.54. The number of H-pyrrole nitrogens is 1. The summed E-state index contributed by atoms with van der Waals surface area (Å²) in [5.41, 5.74) is 6.71. The molecule has 3 N–H and O–H groups in total. The maximum absolute atomic E-state index is 13.0. The minimum Gasteiger partial charge on any atom is -0.443 e. The number of hydrogen-bond donors (Lipinski definition) is 2. The van der Waals surface area contributed by atoms with Gasteiger partial charge < -0.3 is 20.2 Å². The number of aromatic nitrogens is 2. The van der Waals surface area contributed by atoms with E-state index in [1.165, 1.54) is 12.5 Å². The largest absolute Gasteiger partial charge is 0.443 e. The molecule has 1 heterocycles. The molecular weight excluding hydrogens is 360 g/mol. The fourth-order valence-corrected chi connectivity index (χ4v) is 2.66. The van der Waals surface area contributed by atoms with Crippen LogP contribution < -0.4 is 5.73 Å². The number of aromatic amines is 1. The number of ether oxygens (including phenoxy) is 1. The summed E-state index contributed by atoms with van der Waals surface area (Å²) >= 11 is 0. The maximum Gasteiger partial charge on any atom is 0.417 e. The van der Waals surface area contributed by atoms with Gasteiger partial charge in [-0.1, -0.05) is 30.3 Å². The summed E-state index contributed by atoms with van der Waals surface area (Å²) in [6, 6.07) is 7.15. The molecule has 8 heteroatoms. The lowest BCUT2D eigenvalue weighted by atomic mass is 10.0. The molecule has 0 bridgehead atoms. The van der Waals surface area contributed by atoms with Crippen LogP contribution in [0.25, 0.3) is 0 Å². The first-order valence-electron chi connectivity index (χ1n) is 8.99. The number of rotatable bonds is 7. The second kappa shape index (κ2) is 9.27. The van der Waals surface area contributed by atoms with Crippen LogP contribution in [0, 0.1) is 0 Å². The zero-order valence-corrected chi connectivity index (χ0v) is 16.3. The molecule has 0 saturated heterocycles. The molecular formula is C20H26N4O4. The van der Waals surface area contributed by atoms with Crippen LogP contribution in [0.15, 0.2) is 42.9 Å². The van der Waals surface area contributed by atoms with Crippen LogP contribution in [0.3, 0.4) is 0 Å². The minimum atomic E-state index is -1.07. The zero-order chi connectivity index (χ0) is 20.7. The first-order valence-corrected chi connectivity index (χ1v) is 8.99. The van der Waals surface area contributed by atoms with Gasteiger partial charge in [0.2, 0.25) is 5.91 Å². The highest BCUT2D eigenvalue weighted by Crippen LogP contribution is 2.16. The molecule has 2 amide bonds. The van der Waals surface area contributed by atoms with E-state index in [0.29, 0.717) is 12.0 Å². The van der Waals surface area contributed by atoms with E-state index in [9.17, 15) is 14.4 Å². The molecule has 2 aromatic rings. The smallest absolute Gasteiger partial charge is 0.417 e. The summed E-state index contributed by atoms with van der Waals surface area (Å²) in [5, 5.41) is 0. The third kappa shape index (κ3) is 6.02. The predicted molar refractivity (Wildman–Crippen MR) is 103 cm³/mol. The van der Waals surface area contributed by atoms with Gasteiger partial charge in [0.05, 0.1) is 12.4 Å². The lowest BCUT2D eigenvalue weighted by Gasteiger charge is -2.31. The molecule has 0 saturated carbocycles. The summed E-state index contributed by atoms with van der Waals surface area (Å²) in [5.74, 6) is -0.672. The van der Waals surface area contributed by atoms with Gasteiger partial charge in [0.1, 0.15) is 17.9 Å². The van der Waals surface area contributed by atoms with Crippen molar-refractivity contribution >= 4 is 18.3 Å². The Morgan fingerprint density at radius 1 is 1.25 bits per heavy atom. The molecule has 2 atom stereocenters. The molecule has 2 rings (SSSR count). The Balaban J connectivity index is 2.25. The number of benzene rings is 1. The Morgan fingerprint density at radius 3 is 2.46 bits per heavy atom. The highest BCUT2D eigenvalue weighted by Gasteiger charge is 2.36. The Morgan fingerprint density at radius 2 is 1.93 bits per heavy atom. The Labute approximate surface area is 164 Å². The second-order valence-corrected chi connectivity index (χ2v) is 7.47. The number of hydrogen-bond acceptors (Lipinski definition) is 6. The van der Waals surface area contributed by atoms with Crippen molar-refractivity contribution in [2.24, 2.45) is 5.73 Å². The van der Waals surface area contributed by atoms with Crippen molar-refractivity contribution in [3.63, 3.8) is 0 Å². The van der Waals surface area contributed by atoms with Crippen molar-refractivity contribution in [2.45, 2.75) is 51.3 Å². The number of carbonyl (C=O) groups is 3. The predicted octanol–water partition coefficient (Wildman–Crippen LogP) is 1.85. The van der Waals surface area contributed by atoms with Crippen LogP contribution in [0.1, 0.15) is 32.0 Å². The van der Waals surface area contributed by atoms with Crippen molar-refractivity contribution in [3.05, 3.63) is 54.1 Å². The monoisotopic (exact) mass is 386 g/mol. The second-order valence-electron chi connectivity index (χ2n) is 7.47. The average Bonchev–Trinajstić information content (AvgIpc) is 3.13. The zero-order valence-electron chi connectivity index (χ0n) is 16.3. The van der Waals surface area contributed by atoms with Crippen LogP contribution in [-0.2, 0) is 27.2 Å². The first-order chi connectivity index (χ1) is 13.2. The van der Waals surface area contributed by atoms with E-state index in [0.717, 1.165) is 10.5 Å². The van der Waals surface area contributed by atoms with Crippen LogP contribution in [0.2, 0.25) is 0 Å². The number of nitrogens with one attached hydrogen (secondary N) is 1. The summed E-state index contributed by atoms with van der Waals surface area (Å²) in [7, 11) is 0. The number of imide groups is 1. The van der Waals surface area contributed by atoms with Gasteiger partial charge in [-0.25, -0.2) is 14.7 Å². The van der Waals surface area contributed by atoms with Gasteiger partial charge in [-0.05, 0) is 32.8 Å². The van der Waals surface area contributed by atoms with Crippen molar-refractivity contribution in [1.82, 2.24) is 14.9 Å². The van der Waals surface area contributed by atoms with Crippen LogP contribution in [-0.4, -0.2) is 50.8 Å². The molecule has 1 aromatic carbocycles. The van der Waals surface area contributed by atoms with Gasteiger partial charge in [0, 0.05) is 18.3 Å². The standard InChI is InChI=1S/C20H26N4O4/c1-20(2,3)28-19(27)24(16(12-25)10-15-11-22-13-23-15)18(26)17(21)9-14-7-5-4-6-8-14/h4-8,11-13,16-17H,9-10,21H2,1-3H3,(H,22,23)/t16-,17-/m0/s1. The minimum absolute atomic E-state index is 0.0898.